The lowest BCUT2D eigenvalue weighted by atomic mass is 10.1. The van der Waals surface area contributed by atoms with Gasteiger partial charge in [0.05, 0.1) is 0 Å². The first-order chi connectivity index (χ1) is 10.1. The fourth-order valence-corrected chi connectivity index (χ4v) is 2.09. The average Bonchev–Trinajstić information content (AvgIpc) is 3.07. The number of hydrogen-bond donors (Lipinski definition) is 0. The average molecular weight is 290 g/mol. The SMILES string of the molecule is CCCCCc1nc(CC(C)C)n(C(=O)n2cncn2)n1. The Kier molecular flexibility index (Phi) is 5.19. The molecule has 0 aliphatic carbocycles. The van der Waals surface area contributed by atoms with E-state index >= 15 is 0 Å². The van der Waals surface area contributed by atoms with E-state index < -0.39 is 0 Å². The van der Waals surface area contributed by atoms with E-state index in [1.165, 1.54) is 22.0 Å². The van der Waals surface area contributed by atoms with Crippen LogP contribution in [-0.4, -0.2) is 35.6 Å². The molecule has 0 spiro atoms. The third-order valence-electron chi connectivity index (χ3n) is 3.11. The first-order valence-corrected chi connectivity index (χ1v) is 7.46. The maximum atomic E-state index is 12.4. The second-order valence-electron chi connectivity index (χ2n) is 5.53. The fraction of sp³-hybridized carbons (Fsp3) is 0.643. The van der Waals surface area contributed by atoms with Crippen LogP contribution in [0.25, 0.3) is 0 Å². The van der Waals surface area contributed by atoms with Crippen molar-refractivity contribution in [2.24, 2.45) is 5.92 Å². The van der Waals surface area contributed by atoms with Crippen molar-refractivity contribution in [2.45, 2.75) is 52.9 Å². The Bertz CT molecular complexity index is 572. The molecule has 2 rings (SSSR count). The summed E-state index contributed by atoms with van der Waals surface area (Å²) in [5, 5.41) is 8.22. The van der Waals surface area contributed by atoms with E-state index in [9.17, 15) is 4.79 Å². The molecule has 0 atom stereocenters. The van der Waals surface area contributed by atoms with E-state index in [1.54, 1.807) is 0 Å². The molecule has 0 unspecified atom stereocenters. The van der Waals surface area contributed by atoms with Gasteiger partial charge in [-0.1, -0.05) is 33.6 Å². The van der Waals surface area contributed by atoms with Crippen molar-refractivity contribution in [3.8, 4) is 0 Å². The van der Waals surface area contributed by atoms with Crippen molar-refractivity contribution in [2.75, 3.05) is 0 Å². The molecular weight excluding hydrogens is 268 g/mol. The van der Waals surface area contributed by atoms with Crippen molar-refractivity contribution in [1.82, 2.24) is 29.5 Å². The number of unbranched alkanes of at least 4 members (excludes halogenated alkanes) is 2. The molecule has 2 aromatic rings. The molecule has 0 N–H and O–H groups in total. The number of carbonyl (C=O) groups is 1. The summed E-state index contributed by atoms with van der Waals surface area (Å²) < 4.78 is 2.53. The molecule has 7 nitrogen and oxygen atoms in total. The van der Waals surface area contributed by atoms with Gasteiger partial charge in [-0.05, 0) is 12.3 Å². The number of carbonyl (C=O) groups excluding carboxylic acids is 1. The fourth-order valence-electron chi connectivity index (χ4n) is 2.09. The van der Waals surface area contributed by atoms with Crippen molar-refractivity contribution < 1.29 is 4.79 Å². The van der Waals surface area contributed by atoms with Crippen LogP contribution in [0.3, 0.4) is 0 Å². The van der Waals surface area contributed by atoms with E-state index in [-0.39, 0.29) is 6.03 Å². The van der Waals surface area contributed by atoms with Gasteiger partial charge >= 0.3 is 6.03 Å². The second-order valence-corrected chi connectivity index (χ2v) is 5.53. The van der Waals surface area contributed by atoms with E-state index in [0.717, 1.165) is 31.5 Å². The lowest BCUT2D eigenvalue weighted by Crippen LogP contribution is -2.24. The lowest BCUT2D eigenvalue weighted by Gasteiger charge is -2.05. The van der Waals surface area contributed by atoms with Crippen LogP contribution in [0, 0.1) is 5.92 Å². The summed E-state index contributed by atoms with van der Waals surface area (Å²) in [6, 6.07) is -0.336. The van der Waals surface area contributed by atoms with Gasteiger partial charge in [0.15, 0.2) is 5.82 Å². The van der Waals surface area contributed by atoms with Gasteiger partial charge in [-0.2, -0.15) is 14.5 Å². The van der Waals surface area contributed by atoms with Gasteiger partial charge in [-0.15, -0.1) is 5.10 Å². The molecular formula is C14H22N6O. The topological polar surface area (TPSA) is 78.5 Å². The number of aryl methyl sites for hydroxylation is 1. The standard InChI is InChI=1S/C14H22N6O/c1-4-5-6-7-12-17-13(8-11(2)3)20(18-12)14(21)19-10-15-9-16-19/h9-11H,4-8H2,1-3H3. The van der Waals surface area contributed by atoms with Crippen LogP contribution in [0.2, 0.25) is 0 Å². The summed E-state index contributed by atoms with van der Waals surface area (Å²) in [6.07, 6.45) is 7.55. The monoisotopic (exact) mass is 290 g/mol. The zero-order chi connectivity index (χ0) is 15.2. The zero-order valence-electron chi connectivity index (χ0n) is 12.9. The Morgan fingerprint density at radius 3 is 2.76 bits per heavy atom. The Morgan fingerprint density at radius 1 is 1.33 bits per heavy atom. The van der Waals surface area contributed by atoms with E-state index in [0.29, 0.717) is 18.2 Å². The van der Waals surface area contributed by atoms with Gasteiger partial charge in [0.1, 0.15) is 18.5 Å². The predicted molar refractivity (Wildman–Crippen MR) is 78.0 cm³/mol. The van der Waals surface area contributed by atoms with Crippen LogP contribution in [0.5, 0.6) is 0 Å². The van der Waals surface area contributed by atoms with E-state index in [4.69, 9.17) is 0 Å². The molecule has 0 bridgehead atoms. The third-order valence-corrected chi connectivity index (χ3v) is 3.11. The van der Waals surface area contributed by atoms with Gasteiger partial charge in [-0.3, -0.25) is 0 Å². The highest BCUT2D eigenvalue weighted by molar-refractivity contribution is 5.77. The molecule has 2 aromatic heterocycles. The number of aromatic nitrogens is 6. The Labute approximate surface area is 124 Å². The molecule has 114 valence electrons. The van der Waals surface area contributed by atoms with E-state index in [2.05, 4.69) is 40.9 Å². The highest BCUT2D eigenvalue weighted by Crippen LogP contribution is 2.09. The molecule has 7 heteroatoms. The van der Waals surface area contributed by atoms with Crippen molar-refractivity contribution in [3.05, 3.63) is 24.3 Å². The van der Waals surface area contributed by atoms with Crippen LogP contribution in [0.4, 0.5) is 4.79 Å². The summed E-state index contributed by atoms with van der Waals surface area (Å²) >= 11 is 0. The maximum Gasteiger partial charge on any atom is 0.372 e. The predicted octanol–water partition coefficient (Wildman–Crippen LogP) is 2.32. The van der Waals surface area contributed by atoms with Gasteiger partial charge in [-0.25, -0.2) is 14.8 Å². The minimum atomic E-state index is -0.336. The first-order valence-electron chi connectivity index (χ1n) is 7.46. The normalized spacial score (nSPS) is 11.2. The summed E-state index contributed by atoms with van der Waals surface area (Å²) in [7, 11) is 0. The Hall–Kier alpha value is -2.05. The number of nitrogens with zero attached hydrogens (tertiary/aromatic N) is 6. The maximum absolute atomic E-state index is 12.4. The second kappa shape index (κ2) is 7.10. The minimum absolute atomic E-state index is 0.336. The molecule has 0 radical (unpaired) electrons. The van der Waals surface area contributed by atoms with Crippen LogP contribution in [-0.2, 0) is 12.8 Å². The van der Waals surface area contributed by atoms with Crippen molar-refractivity contribution >= 4 is 6.03 Å². The van der Waals surface area contributed by atoms with Crippen LogP contribution in [0.1, 0.15) is 51.7 Å². The molecule has 2 heterocycles. The van der Waals surface area contributed by atoms with Crippen molar-refractivity contribution in [1.29, 1.82) is 0 Å². The zero-order valence-corrected chi connectivity index (χ0v) is 12.9. The van der Waals surface area contributed by atoms with Gasteiger partial charge in [0.2, 0.25) is 0 Å². The van der Waals surface area contributed by atoms with E-state index in [1.807, 2.05) is 0 Å². The molecule has 0 aliphatic heterocycles. The summed E-state index contributed by atoms with van der Waals surface area (Å²) in [6.45, 7) is 6.34. The molecule has 0 fully saturated rings. The molecule has 0 saturated heterocycles. The van der Waals surface area contributed by atoms with Crippen molar-refractivity contribution in [3.63, 3.8) is 0 Å². The van der Waals surface area contributed by atoms with Crippen LogP contribution < -0.4 is 0 Å². The molecule has 0 aromatic carbocycles. The quantitative estimate of drug-likeness (QED) is 0.763. The van der Waals surface area contributed by atoms with Crippen LogP contribution in [0.15, 0.2) is 12.7 Å². The highest BCUT2D eigenvalue weighted by atomic mass is 16.2. The smallest absolute Gasteiger partial charge is 0.243 e. The molecule has 0 aliphatic rings. The van der Waals surface area contributed by atoms with Gasteiger partial charge < -0.3 is 0 Å². The largest absolute Gasteiger partial charge is 0.372 e. The third kappa shape index (κ3) is 3.96. The van der Waals surface area contributed by atoms with Gasteiger partial charge in [0, 0.05) is 12.8 Å². The molecule has 0 amide bonds. The number of hydrogen-bond acceptors (Lipinski definition) is 5. The number of rotatable bonds is 6. The Balaban J connectivity index is 2.22. The summed E-state index contributed by atoms with van der Waals surface area (Å²) in [5.74, 6) is 1.82. The molecule has 0 saturated carbocycles. The molecule has 21 heavy (non-hydrogen) atoms. The lowest BCUT2D eigenvalue weighted by molar-refractivity contribution is 0.237. The highest BCUT2D eigenvalue weighted by Gasteiger charge is 2.18. The first kappa shape index (κ1) is 15.3. The van der Waals surface area contributed by atoms with Crippen LogP contribution >= 0.6 is 0 Å². The Morgan fingerprint density at radius 2 is 2.14 bits per heavy atom. The summed E-state index contributed by atoms with van der Waals surface area (Å²) in [5.41, 5.74) is 0. The summed E-state index contributed by atoms with van der Waals surface area (Å²) in [4.78, 5) is 20.7. The minimum Gasteiger partial charge on any atom is -0.243 e. The van der Waals surface area contributed by atoms with Gasteiger partial charge in [0.25, 0.3) is 0 Å².